The quantitative estimate of drug-likeness (QED) is 0.487. The van der Waals surface area contributed by atoms with Gasteiger partial charge in [0.15, 0.2) is 0 Å². The first-order valence-corrected chi connectivity index (χ1v) is 3.64. The lowest BCUT2D eigenvalue weighted by Gasteiger charge is -2.18. The van der Waals surface area contributed by atoms with E-state index in [0.717, 1.165) is 5.92 Å². The third-order valence-corrected chi connectivity index (χ3v) is 1.98. The van der Waals surface area contributed by atoms with Crippen molar-refractivity contribution in [3.05, 3.63) is 6.42 Å². The van der Waals surface area contributed by atoms with Gasteiger partial charge < -0.3 is 0 Å². The summed E-state index contributed by atoms with van der Waals surface area (Å²) in [6.45, 7) is 2.28. The summed E-state index contributed by atoms with van der Waals surface area (Å²) < 4.78 is 0. The number of hydrogen-bond acceptors (Lipinski definition) is 0. The standard InChI is InChI=1S/C8H14/c1-2-8-6-4-3-5-7-8/h8H,2-4,6-7H2,1H3. The lowest BCUT2D eigenvalue weighted by molar-refractivity contribution is 0.403. The van der Waals surface area contributed by atoms with Gasteiger partial charge in [0.2, 0.25) is 0 Å². The Morgan fingerprint density at radius 1 is 1.62 bits per heavy atom. The van der Waals surface area contributed by atoms with Crippen LogP contribution in [-0.4, -0.2) is 0 Å². The summed E-state index contributed by atoms with van der Waals surface area (Å²) in [6, 6.07) is 0. The van der Waals surface area contributed by atoms with E-state index in [9.17, 15) is 0 Å². The summed E-state index contributed by atoms with van der Waals surface area (Å²) in [5.74, 6) is 0.976. The van der Waals surface area contributed by atoms with E-state index in [1.165, 1.54) is 32.1 Å². The van der Waals surface area contributed by atoms with Gasteiger partial charge in [0.25, 0.3) is 0 Å². The van der Waals surface area contributed by atoms with E-state index in [2.05, 4.69) is 13.3 Å². The van der Waals surface area contributed by atoms with Crippen LogP contribution in [0.3, 0.4) is 0 Å². The molecule has 0 amide bonds. The van der Waals surface area contributed by atoms with Crippen molar-refractivity contribution in [2.24, 2.45) is 5.92 Å². The molecule has 0 N–H and O–H groups in total. The molecule has 0 aromatic carbocycles. The second kappa shape index (κ2) is 3.11. The van der Waals surface area contributed by atoms with Crippen molar-refractivity contribution in [1.82, 2.24) is 0 Å². The average molecular weight is 110 g/mol. The maximum absolute atomic E-state index is 3.39. The van der Waals surface area contributed by atoms with Crippen LogP contribution in [0.25, 0.3) is 0 Å². The van der Waals surface area contributed by atoms with E-state index in [-0.39, 0.29) is 0 Å². The smallest absolute Gasteiger partial charge is 0.0171 e. The molecular weight excluding hydrogens is 96.1 g/mol. The van der Waals surface area contributed by atoms with Crippen LogP contribution in [0.1, 0.15) is 39.0 Å². The van der Waals surface area contributed by atoms with Gasteiger partial charge in [0.05, 0.1) is 0 Å². The van der Waals surface area contributed by atoms with Gasteiger partial charge in [-0.15, -0.1) is 0 Å². The van der Waals surface area contributed by atoms with Crippen molar-refractivity contribution in [2.75, 3.05) is 0 Å². The third-order valence-electron chi connectivity index (χ3n) is 1.98. The van der Waals surface area contributed by atoms with Crippen LogP contribution in [0, 0.1) is 12.3 Å². The van der Waals surface area contributed by atoms with E-state index in [1.807, 2.05) is 0 Å². The van der Waals surface area contributed by atoms with Crippen molar-refractivity contribution >= 4 is 0 Å². The molecule has 0 heterocycles. The largest absolute Gasteiger partial charge is 0.0651 e. The Labute approximate surface area is 52.3 Å². The second-order valence-electron chi connectivity index (χ2n) is 2.62. The molecule has 0 aliphatic heterocycles. The van der Waals surface area contributed by atoms with Crippen molar-refractivity contribution < 1.29 is 0 Å². The summed E-state index contributed by atoms with van der Waals surface area (Å²) in [4.78, 5) is 0. The minimum absolute atomic E-state index is 0.976. The van der Waals surface area contributed by atoms with Gasteiger partial charge in [0, 0.05) is 0 Å². The van der Waals surface area contributed by atoms with E-state index in [1.54, 1.807) is 0 Å². The van der Waals surface area contributed by atoms with Crippen LogP contribution < -0.4 is 0 Å². The Kier molecular flexibility index (Phi) is 2.38. The lowest BCUT2D eigenvalue weighted by atomic mass is 9.88. The molecule has 1 aliphatic rings. The van der Waals surface area contributed by atoms with Gasteiger partial charge in [-0.25, -0.2) is 0 Å². The van der Waals surface area contributed by atoms with Gasteiger partial charge in [0.1, 0.15) is 0 Å². The Morgan fingerprint density at radius 3 is 2.88 bits per heavy atom. The molecule has 2 radical (unpaired) electrons. The minimum atomic E-state index is 0.976. The molecule has 0 saturated heterocycles. The molecule has 1 fully saturated rings. The second-order valence-corrected chi connectivity index (χ2v) is 2.62. The van der Waals surface area contributed by atoms with Gasteiger partial charge in [-0.2, -0.15) is 0 Å². The van der Waals surface area contributed by atoms with Gasteiger partial charge in [-0.1, -0.05) is 26.2 Å². The highest BCUT2D eigenvalue weighted by Crippen LogP contribution is 2.24. The highest BCUT2D eigenvalue weighted by molar-refractivity contribution is 4.76. The Balaban J connectivity index is 2.13. The first-order chi connectivity index (χ1) is 3.93. The Hall–Kier alpha value is 0. The summed E-state index contributed by atoms with van der Waals surface area (Å²) >= 11 is 0. The van der Waals surface area contributed by atoms with Crippen molar-refractivity contribution in [1.29, 1.82) is 0 Å². The monoisotopic (exact) mass is 110 g/mol. The number of hydrogen-bond donors (Lipinski definition) is 0. The fraction of sp³-hybridized carbons (Fsp3) is 0.875. The van der Waals surface area contributed by atoms with E-state index < -0.39 is 0 Å². The first-order valence-electron chi connectivity index (χ1n) is 3.64. The highest BCUT2D eigenvalue weighted by atomic mass is 14.2. The highest BCUT2D eigenvalue weighted by Gasteiger charge is 2.10. The maximum Gasteiger partial charge on any atom is -0.0171 e. The molecule has 8 heavy (non-hydrogen) atoms. The van der Waals surface area contributed by atoms with Crippen molar-refractivity contribution in [3.63, 3.8) is 0 Å². The molecule has 1 atom stereocenters. The predicted octanol–water partition coefficient (Wildman–Crippen LogP) is 2.67. The normalized spacial score (nSPS) is 23.6. The zero-order valence-electron chi connectivity index (χ0n) is 5.61. The summed E-state index contributed by atoms with van der Waals surface area (Å²) in [7, 11) is 0. The van der Waals surface area contributed by atoms with E-state index >= 15 is 0 Å². The van der Waals surface area contributed by atoms with E-state index in [0.29, 0.717) is 0 Å². The molecule has 1 aliphatic carbocycles. The van der Waals surface area contributed by atoms with E-state index in [4.69, 9.17) is 0 Å². The van der Waals surface area contributed by atoms with Gasteiger partial charge in [-0.3, -0.25) is 0 Å². The molecule has 0 spiro atoms. The third kappa shape index (κ3) is 1.50. The summed E-state index contributed by atoms with van der Waals surface area (Å²) in [5, 5.41) is 0. The zero-order chi connectivity index (χ0) is 5.82. The summed E-state index contributed by atoms with van der Waals surface area (Å²) in [5.41, 5.74) is 0. The predicted molar refractivity (Wildman–Crippen MR) is 35.5 cm³/mol. The van der Waals surface area contributed by atoms with Crippen molar-refractivity contribution in [2.45, 2.75) is 39.0 Å². The van der Waals surface area contributed by atoms with Crippen LogP contribution in [0.5, 0.6) is 0 Å². The Bertz CT molecular complexity index is 51.1. The topological polar surface area (TPSA) is 0 Å². The van der Waals surface area contributed by atoms with Gasteiger partial charge >= 0.3 is 0 Å². The molecule has 1 unspecified atom stereocenters. The lowest BCUT2D eigenvalue weighted by Crippen LogP contribution is -2.04. The molecule has 1 saturated carbocycles. The molecule has 0 aromatic rings. The molecular formula is C8H14. The van der Waals surface area contributed by atoms with Crippen LogP contribution >= 0.6 is 0 Å². The van der Waals surface area contributed by atoms with Crippen LogP contribution in [0.2, 0.25) is 0 Å². The number of rotatable bonds is 1. The average Bonchev–Trinajstić information content (AvgIpc) is 1.90. The SMILES string of the molecule is CCC1C[C]CCC1. The van der Waals surface area contributed by atoms with Crippen LogP contribution in [-0.2, 0) is 0 Å². The molecule has 0 nitrogen and oxygen atoms in total. The molecule has 1 rings (SSSR count). The molecule has 0 heteroatoms. The van der Waals surface area contributed by atoms with Gasteiger partial charge in [-0.05, 0) is 25.2 Å². The maximum atomic E-state index is 3.39. The van der Waals surface area contributed by atoms with Crippen LogP contribution in [0.15, 0.2) is 0 Å². The zero-order valence-corrected chi connectivity index (χ0v) is 5.61. The molecule has 0 aromatic heterocycles. The first kappa shape index (κ1) is 6.12. The summed E-state index contributed by atoms with van der Waals surface area (Å²) in [6.07, 6.45) is 10.1. The molecule has 0 bridgehead atoms. The van der Waals surface area contributed by atoms with Crippen LogP contribution in [0.4, 0.5) is 0 Å². The fourth-order valence-electron chi connectivity index (χ4n) is 1.27. The molecule has 46 valence electrons. The van der Waals surface area contributed by atoms with Crippen molar-refractivity contribution in [3.8, 4) is 0 Å². The Morgan fingerprint density at radius 2 is 2.50 bits per heavy atom. The fourth-order valence-corrected chi connectivity index (χ4v) is 1.27. The minimum Gasteiger partial charge on any atom is -0.0651 e.